The Bertz CT molecular complexity index is 505. The predicted octanol–water partition coefficient (Wildman–Crippen LogP) is 1.93. The lowest BCUT2D eigenvalue weighted by atomic mass is 10.3. The van der Waals surface area contributed by atoms with Gasteiger partial charge in [0.15, 0.2) is 0 Å². The Kier molecular flexibility index (Phi) is 7.17. The topological polar surface area (TPSA) is 64.1 Å². The number of hydrogen-bond donors (Lipinski definition) is 1. The maximum absolute atomic E-state index is 11.0. The van der Waals surface area contributed by atoms with Gasteiger partial charge in [0.2, 0.25) is 0 Å². The summed E-state index contributed by atoms with van der Waals surface area (Å²) in [6, 6.07) is 7.61. The number of imidazole rings is 1. The monoisotopic (exact) mass is 240 g/mol. The standard InChI is InChI=1S/C8H8N2O.C2H4O2.C2H6.H2/c1-10-7-5-3-2-4-6(7)9-8(10)11;1-4-2-3;1-2;/h2-5H,1H3,(H,9,11);2H,1H3;1-2H3;1H. The van der Waals surface area contributed by atoms with Crippen LogP contribution in [0.1, 0.15) is 15.3 Å². The van der Waals surface area contributed by atoms with Crippen molar-refractivity contribution >= 4 is 17.5 Å². The van der Waals surface area contributed by atoms with E-state index in [9.17, 15) is 4.79 Å². The van der Waals surface area contributed by atoms with Gasteiger partial charge in [-0.3, -0.25) is 9.36 Å². The number of aromatic nitrogens is 2. The van der Waals surface area contributed by atoms with E-state index in [4.69, 9.17) is 4.79 Å². The number of nitrogens with zero attached hydrogens (tertiary/aromatic N) is 1. The second-order valence-corrected chi connectivity index (χ2v) is 2.84. The zero-order chi connectivity index (χ0) is 13.3. The highest BCUT2D eigenvalue weighted by molar-refractivity contribution is 5.74. The van der Waals surface area contributed by atoms with E-state index in [-0.39, 0.29) is 7.12 Å². The van der Waals surface area contributed by atoms with Gasteiger partial charge in [-0.05, 0) is 12.1 Å². The average molecular weight is 240 g/mol. The number of benzene rings is 1. The van der Waals surface area contributed by atoms with Crippen LogP contribution in [0, 0.1) is 0 Å². The van der Waals surface area contributed by atoms with Crippen LogP contribution in [0.2, 0.25) is 0 Å². The van der Waals surface area contributed by atoms with Crippen molar-refractivity contribution in [2.45, 2.75) is 13.8 Å². The van der Waals surface area contributed by atoms with Crippen LogP contribution in [0.25, 0.3) is 11.0 Å². The molecular weight excluding hydrogens is 220 g/mol. The first-order valence-electron chi connectivity index (χ1n) is 5.31. The molecule has 0 aliphatic rings. The van der Waals surface area contributed by atoms with E-state index >= 15 is 0 Å². The molecule has 0 fully saturated rings. The minimum absolute atomic E-state index is 0. The first-order chi connectivity index (χ1) is 8.20. The highest BCUT2D eigenvalue weighted by atomic mass is 16.5. The lowest BCUT2D eigenvalue weighted by Gasteiger charge is -1.89. The molecule has 1 heterocycles. The molecule has 0 aliphatic heterocycles. The number of hydrogen-bond acceptors (Lipinski definition) is 3. The molecule has 0 amide bonds. The first kappa shape index (κ1) is 15.0. The summed E-state index contributed by atoms with van der Waals surface area (Å²) < 4.78 is 5.45. The fourth-order valence-corrected chi connectivity index (χ4v) is 1.18. The summed E-state index contributed by atoms with van der Waals surface area (Å²) >= 11 is 0. The zero-order valence-corrected chi connectivity index (χ0v) is 10.6. The van der Waals surface area contributed by atoms with Crippen LogP contribution in [-0.2, 0) is 16.6 Å². The minimum atomic E-state index is -0.0637. The van der Waals surface area contributed by atoms with Gasteiger partial charge in [-0.15, -0.1) is 0 Å². The van der Waals surface area contributed by atoms with Crippen LogP contribution >= 0.6 is 0 Å². The van der Waals surface area contributed by atoms with Crippen molar-refractivity contribution in [3.8, 4) is 0 Å². The molecule has 5 heteroatoms. The summed E-state index contributed by atoms with van der Waals surface area (Å²) in [5.74, 6) is 0. The molecular formula is C12H20N2O3. The van der Waals surface area contributed by atoms with Gasteiger partial charge in [0.1, 0.15) is 0 Å². The van der Waals surface area contributed by atoms with Crippen molar-refractivity contribution in [2.24, 2.45) is 7.05 Å². The molecule has 2 rings (SSSR count). The maximum Gasteiger partial charge on any atom is 0.326 e. The molecule has 0 aliphatic carbocycles. The molecule has 2 aromatic rings. The van der Waals surface area contributed by atoms with Crippen LogP contribution in [-0.4, -0.2) is 23.1 Å². The quantitative estimate of drug-likeness (QED) is 0.775. The molecule has 1 aromatic heterocycles. The van der Waals surface area contributed by atoms with E-state index in [2.05, 4.69) is 9.72 Å². The van der Waals surface area contributed by atoms with Gasteiger partial charge in [-0.25, -0.2) is 4.79 Å². The second kappa shape index (κ2) is 8.15. The third kappa shape index (κ3) is 4.14. The number of carbonyl (C=O) groups is 1. The van der Waals surface area contributed by atoms with Crippen molar-refractivity contribution in [2.75, 3.05) is 7.11 Å². The highest BCUT2D eigenvalue weighted by Crippen LogP contribution is 2.06. The molecule has 0 saturated heterocycles. The number of H-pyrrole nitrogens is 1. The molecule has 5 nitrogen and oxygen atoms in total. The molecule has 0 atom stereocenters. The van der Waals surface area contributed by atoms with Crippen LogP contribution in [0.15, 0.2) is 29.1 Å². The zero-order valence-electron chi connectivity index (χ0n) is 10.6. The van der Waals surface area contributed by atoms with Crippen LogP contribution in [0.3, 0.4) is 0 Å². The largest absolute Gasteiger partial charge is 0.471 e. The smallest absolute Gasteiger partial charge is 0.326 e. The summed E-state index contributed by atoms with van der Waals surface area (Å²) in [5, 5.41) is 0. The molecule has 0 spiro atoms. The van der Waals surface area contributed by atoms with E-state index < -0.39 is 0 Å². The number of aryl methyl sites for hydroxylation is 1. The molecule has 0 unspecified atom stereocenters. The average Bonchev–Trinajstić information content (AvgIpc) is 2.68. The molecule has 0 saturated carbocycles. The molecule has 0 bridgehead atoms. The number of para-hydroxylation sites is 2. The Balaban J connectivity index is 0. The third-order valence-electron chi connectivity index (χ3n) is 1.91. The van der Waals surface area contributed by atoms with Gasteiger partial charge in [0.05, 0.1) is 18.1 Å². The van der Waals surface area contributed by atoms with Crippen LogP contribution < -0.4 is 5.69 Å². The van der Waals surface area contributed by atoms with Gasteiger partial charge in [-0.2, -0.15) is 0 Å². The number of aromatic amines is 1. The summed E-state index contributed by atoms with van der Waals surface area (Å²) in [7, 11) is 3.06. The normalized spacial score (nSPS) is 8.47. The number of fused-ring (bicyclic) bond motifs is 1. The summed E-state index contributed by atoms with van der Waals surface area (Å²) in [5.41, 5.74) is 1.77. The number of rotatable bonds is 1. The van der Waals surface area contributed by atoms with Crippen LogP contribution in [0.5, 0.6) is 0 Å². The first-order valence-corrected chi connectivity index (χ1v) is 5.31. The molecule has 1 aromatic carbocycles. The fourth-order valence-electron chi connectivity index (χ4n) is 1.18. The summed E-state index contributed by atoms with van der Waals surface area (Å²) in [6.07, 6.45) is 0. The second-order valence-electron chi connectivity index (χ2n) is 2.84. The Morgan fingerprint density at radius 2 is 1.88 bits per heavy atom. The van der Waals surface area contributed by atoms with E-state index in [0.29, 0.717) is 6.47 Å². The van der Waals surface area contributed by atoms with Crippen molar-refractivity contribution in [1.82, 2.24) is 9.55 Å². The van der Waals surface area contributed by atoms with Crippen molar-refractivity contribution in [3.05, 3.63) is 34.7 Å². The number of ether oxygens (including phenoxy) is 1. The Labute approximate surface area is 102 Å². The van der Waals surface area contributed by atoms with Crippen molar-refractivity contribution in [3.63, 3.8) is 0 Å². The predicted molar refractivity (Wildman–Crippen MR) is 70.1 cm³/mol. The highest BCUT2D eigenvalue weighted by Gasteiger charge is 1.98. The van der Waals surface area contributed by atoms with Gasteiger partial charge in [-0.1, -0.05) is 26.0 Å². The van der Waals surface area contributed by atoms with E-state index in [1.807, 2.05) is 38.1 Å². The van der Waals surface area contributed by atoms with Crippen molar-refractivity contribution < 1.29 is 11.0 Å². The summed E-state index contributed by atoms with van der Waals surface area (Å²) in [4.78, 5) is 22.7. The molecule has 17 heavy (non-hydrogen) atoms. The number of nitrogens with one attached hydrogen (secondary N) is 1. The third-order valence-corrected chi connectivity index (χ3v) is 1.91. The Morgan fingerprint density at radius 1 is 1.35 bits per heavy atom. The lowest BCUT2D eigenvalue weighted by molar-refractivity contribution is -0.126. The minimum Gasteiger partial charge on any atom is -0.471 e. The fraction of sp³-hybridized carbons (Fsp3) is 0.333. The van der Waals surface area contributed by atoms with Gasteiger partial charge < -0.3 is 9.72 Å². The van der Waals surface area contributed by atoms with Gasteiger partial charge in [0, 0.05) is 8.47 Å². The van der Waals surface area contributed by atoms with Crippen molar-refractivity contribution in [1.29, 1.82) is 0 Å². The van der Waals surface area contributed by atoms with Crippen LogP contribution in [0.4, 0.5) is 0 Å². The number of methoxy groups -OCH3 is 1. The van der Waals surface area contributed by atoms with Gasteiger partial charge in [0.25, 0.3) is 6.47 Å². The van der Waals surface area contributed by atoms with E-state index in [1.165, 1.54) is 7.11 Å². The molecule has 1 N–H and O–H groups in total. The maximum atomic E-state index is 11.0. The van der Waals surface area contributed by atoms with E-state index in [1.54, 1.807) is 11.6 Å². The lowest BCUT2D eigenvalue weighted by Crippen LogP contribution is -2.11. The SMILES string of the molecule is CC.COC=O.Cn1c(=O)[nH]c2ccccc21.[HH]. The molecule has 96 valence electrons. The van der Waals surface area contributed by atoms with Gasteiger partial charge >= 0.3 is 5.69 Å². The molecule has 0 radical (unpaired) electrons. The Morgan fingerprint density at radius 3 is 2.35 bits per heavy atom. The number of carbonyl (C=O) groups excluding carboxylic acids is 1. The Hall–Kier alpha value is -2.04. The van der Waals surface area contributed by atoms with E-state index in [0.717, 1.165) is 11.0 Å². The summed E-state index contributed by atoms with van der Waals surface area (Å²) in [6.45, 7) is 4.38.